The zero-order valence-electron chi connectivity index (χ0n) is 24.2. The summed E-state index contributed by atoms with van der Waals surface area (Å²) in [6.07, 6.45) is -2.14. The molecule has 4 aromatic rings. The van der Waals surface area contributed by atoms with Crippen molar-refractivity contribution in [2.24, 2.45) is 0 Å². The van der Waals surface area contributed by atoms with E-state index in [1.165, 1.54) is 41.1 Å². The van der Waals surface area contributed by atoms with E-state index in [1.54, 1.807) is 36.4 Å². The second-order valence-corrected chi connectivity index (χ2v) is 11.0. The number of hydrogen-bond acceptors (Lipinski definition) is 8. The summed E-state index contributed by atoms with van der Waals surface area (Å²) in [5, 5.41) is 32.0. The normalized spacial score (nSPS) is 15.9. The van der Waals surface area contributed by atoms with Crippen molar-refractivity contribution in [1.82, 2.24) is 14.5 Å². The number of nitrogens with zero attached hydrogens (tertiary/aromatic N) is 4. The number of likely N-dealkylation sites (tertiary alicyclic amines) is 1. The van der Waals surface area contributed by atoms with Gasteiger partial charge in [0, 0.05) is 55.1 Å². The number of benzene rings is 2. The van der Waals surface area contributed by atoms with Gasteiger partial charge in [0.05, 0.1) is 36.2 Å². The molecule has 0 amide bonds. The van der Waals surface area contributed by atoms with Crippen LogP contribution in [0.5, 0.6) is 11.5 Å². The highest BCUT2D eigenvalue weighted by Gasteiger charge is 2.57. The van der Waals surface area contributed by atoms with E-state index in [0.29, 0.717) is 35.6 Å². The first-order valence-corrected chi connectivity index (χ1v) is 14.1. The molecule has 1 aliphatic rings. The first-order valence-electron chi connectivity index (χ1n) is 14.1. The Balaban J connectivity index is 1.38. The van der Waals surface area contributed by atoms with Gasteiger partial charge in [-0.3, -0.25) is 24.8 Å². The van der Waals surface area contributed by atoms with Crippen LogP contribution < -0.4 is 9.47 Å². The van der Waals surface area contributed by atoms with Gasteiger partial charge in [0.2, 0.25) is 5.60 Å². The molecule has 5 rings (SSSR count). The van der Waals surface area contributed by atoms with Crippen molar-refractivity contribution < 1.29 is 42.6 Å². The average molecular weight is 629 g/mol. The number of fused-ring (bicyclic) bond motifs is 1. The van der Waals surface area contributed by atoms with Gasteiger partial charge in [-0.1, -0.05) is 12.1 Å². The number of β-amino-alcohol motifs (C(OH)–C–C–N with tert-alkyl or cyclic N) is 1. The van der Waals surface area contributed by atoms with E-state index in [0.717, 1.165) is 6.07 Å². The Labute approximate surface area is 255 Å². The van der Waals surface area contributed by atoms with E-state index < -0.39 is 34.8 Å². The minimum absolute atomic E-state index is 0.0376. The number of alkyl halides is 3. The fourth-order valence-corrected chi connectivity index (χ4v) is 5.63. The fraction of sp³-hybridized carbons (Fsp3) is 0.355. The fourth-order valence-electron chi connectivity index (χ4n) is 5.63. The zero-order valence-corrected chi connectivity index (χ0v) is 24.2. The van der Waals surface area contributed by atoms with E-state index in [-0.39, 0.29) is 48.7 Å². The Morgan fingerprint density at radius 1 is 1.11 bits per heavy atom. The lowest BCUT2D eigenvalue weighted by Crippen LogP contribution is -2.53. The number of aliphatic hydroxyl groups is 1. The average Bonchev–Trinajstić information content (AvgIpc) is 3.36. The molecule has 1 unspecified atom stereocenters. The molecular weight excluding hydrogens is 597 g/mol. The predicted octanol–water partition coefficient (Wildman–Crippen LogP) is 4.92. The van der Waals surface area contributed by atoms with Crippen molar-refractivity contribution in [3.05, 3.63) is 93.9 Å². The molecule has 1 atom stereocenters. The smallest absolute Gasteiger partial charge is 0.422 e. The van der Waals surface area contributed by atoms with Crippen LogP contribution in [0.4, 0.5) is 18.9 Å². The highest BCUT2D eigenvalue weighted by Crippen LogP contribution is 2.44. The monoisotopic (exact) mass is 628 g/mol. The summed E-state index contributed by atoms with van der Waals surface area (Å²) in [5.74, 6) is -0.243. The second kappa shape index (κ2) is 12.7. The highest BCUT2D eigenvalue weighted by atomic mass is 19.4. The molecule has 1 fully saturated rings. The summed E-state index contributed by atoms with van der Waals surface area (Å²) in [4.78, 5) is 27.6. The number of aromatic nitrogens is 2. The molecule has 0 saturated carbocycles. The van der Waals surface area contributed by atoms with Gasteiger partial charge >= 0.3 is 12.1 Å². The predicted molar refractivity (Wildman–Crippen MR) is 156 cm³/mol. The maximum Gasteiger partial charge on any atom is 0.422 e. The number of aliphatic carboxylic acids is 1. The number of methoxy groups -OCH3 is 1. The van der Waals surface area contributed by atoms with Crippen LogP contribution in [0, 0.1) is 10.1 Å². The van der Waals surface area contributed by atoms with Gasteiger partial charge in [-0.05, 0) is 48.7 Å². The molecule has 0 radical (unpaired) electrons. The number of ether oxygens (including phenoxy) is 2. The van der Waals surface area contributed by atoms with Crippen molar-refractivity contribution >= 4 is 22.6 Å². The summed E-state index contributed by atoms with van der Waals surface area (Å²) >= 11 is 0. The Bertz CT molecular complexity index is 1690. The van der Waals surface area contributed by atoms with E-state index in [4.69, 9.17) is 14.6 Å². The van der Waals surface area contributed by atoms with Gasteiger partial charge < -0.3 is 24.3 Å². The summed E-state index contributed by atoms with van der Waals surface area (Å²) in [5.41, 5.74) is -2.75. The molecule has 14 heteroatoms. The van der Waals surface area contributed by atoms with E-state index in [2.05, 4.69) is 4.98 Å². The summed E-state index contributed by atoms with van der Waals surface area (Å²) in [6, 6.07) is 13.5. The number of piperidine rings is 1. The van der Waals surface area contributed by atoms with Crippen molar-refractivity contribution in [2.45, 2.75) is 43.7 Å². The van der Waals surface area contributed by atoms with Gasteiger partial charge in [0.25, 0.3) is 5.69 Å². The first kappa shape index (κ1) is 31.7. The molecule has 2 aromatic carbocycles. The molecule has 1 saturated heterocycles. The summed E-state index contributed by atoms with van der Waals surface area (Å²) < 4.78 is 57.2. The van der Waals surface area contributed by atoms with Crippen LogP contribution in [0.15, 0.2) is 67.0 Å². The highest BCUT2D eigenvalue weighted by molar-refractivity contribution is 5.87. The topological polar surface area (TPSA) is 140 Å². The van der Waals surface area contributed by atoms with Crippen LogP contribution in [-0.2, 0) is 23.4 Å². The minimum Gasteiger partial charge on any atom is -0.493 e. The Kier molecular flexibility index (Phi) is 8.98. The van der Waals surface area contributed by atoms with Crippen molar-refractivity contribution in [2.75, 3.05) is 26.7 Å². The summed E-state index contributed by atoms with van der Waals surface area (Å²) in [6.45, 7) is -0.326. The van der Waals surface area contributed by atoms with Crippen LogP contribution in [0.3, 0.4) is 0 Å². The van der Waals surface area contributed by atoms with E-state index in [9.17, 15) is 33.2 Å². The molecule has 238 valence electrons. The number of carboxylic acid groups (broad SMARTS) is 1. The number of non-ortho nitro benzene ring substituents is 1. The SMILES string of the molecule is COc1cc(CC(=O)O)ccc1OC1CCN(CC(O)(c2cn(Cc3ccccn3)c3cc([N+](=O)[O-])ccc23)C(F)(F)F)CC1. The zero-order chi connectivity index (χ0) is 32.4. The molecule has 11 nitrogen and oxygen atoms in total. The number of pyridine rings is 1. The van der Waals surface area contributed by atoms with E-state index >= 15 is 0 Å². The van der Waals surface area contributed by atoms with Gasteiger partial charge in [-0.15, -0.1) is 0 Å². The van der Waals surface area contributed by atoms with Crippen molar-refractivity contribution in [3.8, 4) is 11.5 Å². The molecule has 1 aliphatic heterocycles. The van der Waals surface area contributed by atoms with Gasteiger partial charge in [0.1, 0.15) is 6.10 Å². The number of nitro benzene ring substituents is 1. The molecule has 45 heavy (non-hydrogen) atoms. The van der Waals surface area contributed by atoms with Crippen molar-refractivity contribution in [3.63, 3.8) is 0 Å². The van der Waals surface area contributed by atoms with Crippen LogP contribution in [0.25, 0.3) is 10.9 Å². The largest absolute Gasteiger partial charge is 0.493 e. The second-order valence-electron chi connectivity index (χ2n) is 11.0. The van der Waals surface area contributed by atoms with Gasteiger partial charge in [0.15, 0.2) is 11.5 Å². The molecule has 0 spiro atoms. The van der Waals surface area contributed by atoms with Crippen LogP contribution in [0.2, 0.25) is 0 Å². The number of halogens is 3. The Hall–Kier alpha value is -4.69. The van der Waals surface area contributed by atoms with Crippen LogP contribution in [-0.4, -0.2) is 74.6 Å². The summed E-state index contributed by atoms with van der Waals surface area (Å²) in [7, 11) is 1.43. The maximum absolute atomic E-state index is 14.8. The third-order valence-electron chi connectivity index (χ3n) is 7.91. The molecule has 0 aliphatic carbocycles. The standard InChI is InChI=1S/C31H31F3N4O7/c1-44-28-14-20(15-29(39)40)5-8-27(28)45-23-9-12-36(13-10-23)19-30(41,31(32,33)34)25-18-37(17-21-4-2-3-11-35-21)26-16-22(38(42)43)6-7-24(25)26/h2-8,11,14,16,18,23,41H,9-10,12-13,15,17,19H2,1H3,(H,39,40). The molecule has 0 bridgehead atoms. The number of carboxylic acids is 1. The molecule has 3 heterocycles. The number of carbonyl (C=O) groups is 1. The first-order chi connectivity index (χ1) is 21.4. The van der Waals surface area contributed by atoms with Crippen molar-refractivity contribution in [1.29, 1.82) is 0 Å². The van der Waals surface area contributed by atoms with Gasteiger partial charge in [-0.2, -0.15) is 13.2 Å². The number of nitro groups is 1. The lowest BCUT2D eigenvalue weighted by atomic mass is 9.91. The minimum atomic E-state index is -5.07. The Morgan fingerprint density at radius 2 is 1.87 bits per heavy atom. The Morgan fingerprint density at radius 3 is 2.49 bits per heavy atom. The lowest BCUT2D eigenvalue weighted by Gasteiger charge is -2.39. The number of hydrogen-bond donors (Lipinski definition) is 2. The third kappa shape index (κ3) is 6.86. The van der Waals surface area contributed by atoms with E-state index in [1.807, 2.05) is 0 Å². The molecular formula is C31H31F3N4O7. The van der Waals surface area contributed by atoms with Crippen LogP contribution in [0.1, 0.15) is 29.7 Å². The third-order valence-corrected chi connectivity index (χ3v) is 7.91. The quantitative estimate of drug-likeness (QED) is 0.175. The van der Waals surface area contributed by atoms with Gasteiger partial charge in [-0.25, -0.2) is 0 Å². The van der Waals surface area contributed by atoms with Crippen LogP contribution >= 0.6 is 0 Å². The maximum atomic E-state index is 14.8. The molecule has 2 aromatic heterocycles. The number of rotatable bonds is 11. The molecule has 2 N–H and O–H groups in total. The lowest BCUT2D eigenvalue weighted by molar-refractivity contribution is -0.384.